The van der Waals surface area contributed by atoms with Crippen molar-refractivity contribution in [2.75, 3.05) is 32.0 Å². The molecule has 0 atom stereocenters. The molecule has 0 aliphatic carbocycles. The number of benzene rings is 1. The Morgan fingerprint density at radius 2 is 1.96 bits per heavy atom. The first-order chi connectivity index (χ1) is 12.3. The van der Waals surface area contributed by atoms with E-state index in [0.717, 1.165) is 0 Å². The van der Waals surface area contributed by atoms with Crippen molar-refractivity contribution in [3.05, 3.63) is 36.2 Å². The van der Waals surface area contributed by atoms with Gasteiger partial charge in [0.25, 0.3) is 0 Å². The van der Waals surface area contributed by atoms with Gasteiger partial charge in [-0.1, -0.05) is 13.8 Å². The van der Waals surface area contributed by atoms with Crippen LogP contribution in [0.3, 0.4) is 0 Å². The highest BCUT2D eigenvalue weighted by Crippen LogP contribution is 2.24. The molecule has 0 bridgehead atoms. The Hall–Kier alpha value is -1.93. The lowest BCUT2D eigenvalue weighted by Gasteiger charge is -2.40. The van der Waals surface area contributed by atoms with Crippen LogP contribution in [-0.2, 0) is 14.6 Å². The van der Waals surface area contributed by atoms with E-state index in [9.17, 15) is 17.6 Å². The van der Waals surface area contributed by atoms with Gasteiger partial charge in [0.05, 0.1) is 17.0 Å². The summed E-state index contributed by atoms with van der Waals surface area (Å²) in [6.45, 7) is 4.69. The summed E-state index contributed by atoms with van der Waals surface area (Å²) < 4.78 is 42.8. The average Bonchev–Trinajstić information content (AvgIpc) is 2.58. The number of carbonyl (C=O) groups is 1. The Bertz CT molecular complexity index is 754. The van der Waals surface area contributed by atoms with E-state index in [4.69, 9.17) is 10.5 Å². The molecule has 26 heavy (non-hydrogen) atoms. The molecule has 0 radical (unpaired) electrons. The molecular weight excluding hydrogens is 359 g/mol. The molecule has 0 aromatic heterocycles. The quantitative estimate of drug-likeness (QED) is 0.738. The molecule has 144 valence electrons. The molecule has 0 saturated carbocycles. The molecule has 0 spiro atoms. The third-order valence-electron chi connectivity index (χ3n) is 4.24. The van der Waals surface area contributed by atoms with Gasteiger partial charge in [0, 0.05) is 37.0 Å². The van der Waals surface area contributed by atoms with Gasteiger partial charge in [0.15, 0.2) is 9.84 Å². The van der Waals surface area contributed by atoms with Crippen molar-refractivity contribution in [3.63, 3.8) is 0 Å². The fourth-order valence-electron chi connectivity index (χ4n) is 2.68. The fourth-order valence-corrected chi connectivity index (χ4v) is 4.26. The zero-order valence-electron chi connectivity index (χ0n) is 15.0. The summed E-state index contributed by atoms with van der Waals surface area (Å²) in [5, 5.41) is 0. The summed E-state index contributed by atoms with van der Waals surface area (Å²) in [5.41, 5.74) is 5.66. The van der Waals surface area contributed by atoms with E-state index in [1.807, 2.05) is 13.8 Å². The molecule has 1 aliphatic heterocycles. The molecule has 1 aliphatic rings. The first-order valence-electron chi connectivity index (χ1n) is 8.49. The highest BCUT2D eigenvalue weighted by Gasteiger charge is 2.35. The van der Waals surface area contributed by atoms with Gasteiger partial charge in [-0.2, -0.15) is 0 Å². The molecule has 2 N–H and O–H groups in total. The van der Waals surface area contributed by atoms with Gasteiger partial charge in [-0.3, -0.25) is 4.79 Å². The summed E-state index contributed by atoms with van der Waals surface area (Å²) in [7, 11) is -3.43. The first kappa shape index (κ1) is 20.4. The highest BCUT2D eigenvalue weighted by molar-refractivity contribution is 7.91. The number of nitrogens with zero attached hydrogens (tertiary/aromatic N) is 1. The lowest BCUT2D eigenvalue weighted by molar-refractivity contribution is -0.140. The van der Waals surface area contributed by atoms with Crippen molar-refractivity contribution in [3.8, 4) is 5.75 Å². The molecule has 0 unspecified atom stereocenters. The number of halogens is 1. The lowest BCUT2D eigenvalue weighted by atomic mass is 10.0. The van der Waals surface area contributed by atoms with E-state index < -0.39 is 9.84 Å². The van der Waals surface area contributed by atoms with Crippen LogP contribution in [-0.4, -0.2) is 51.2 Å². The van der Waals surface area contributed by atoms with Crippen molar-refractivity contribution in [1.29, 1.82) is 0 Å². The minimum atomic E-state index is -3.43. The molecular formula is C18H25FN2O4S. The molecule has 1 fully saturated rings. The number of amides is 1. The summed E-state index contributed by atoms with van der Waals surface area (Å²) in [5.74, 6) is 0.387. The normalized spacial score (nSPS) is 15.9. The van der Waals surface area contributed by atoms with Crippen LogP contribution in [0.4, 0.5) is 4.39 Å². The fraction of sp³-hybridized carbons (Fsp3) is 0.500. The van der Waals surface area contributed by atoms with Crippen molar-refractivity contribution in [2.45, 2.75) is 18.7 Å². The van der Waals surface area contributed by atoms with Crippen LogP contribution in [0.5, 0.6) is 5.75 Å². The Kier molecular flexibility index (Phi) is 6.77. The second-order valence-electron chi connectivity index (χ2n) is 6.78. The van der Waals surface area contributed by atoms with Crippen LogP contribution in [0.15, 0.2) is 41.1 Å². The summed E-state index contributed by atoms with van der Waals surface area (Å²) in [6.07, 6.45) is 0.408. The second kappa shape index (κ2) is 8.64. The Balaban J connectivity index is 1.91. The first-order valence-corrected chi connectivity index (χ1v) is 10.1. The largest absolute Gasteiger partial charge is 0.489 e. The molecule has 1 aromatic rings. The number of sulfone groups is 1. The van der Waals surface area contributed by atoms with Crippen LogP contribution >= 0.6 is 0 Å². The minimum absolute atomic E-state index is 0.0109. The predicted octanol–water partition coefficient (Wildman–Crippen LogP) is 1.77. The van der Waals surface area contributed by atoms with Gasteiger partial charge in [-0.25, -0.2) is 12.8 Å². The number of nitrogens with two attached hydrogens (primary N) is 1. The number of hydrogen-bond donors (Lipinski definition) is 1. The molecule has 1 aromatic carbocycles. The van der Waals surface area contributed by atoms with Gasteiger partial charge in [0.1, 0.15) is 12.4 Å². The summed E-state index contributed by atoms with van der Waals surface area (Å²) in [4.78, 5) is 13.7. The molecule has 1 heterocycles. The third-order valence-corrected chi connectivity index (χ3v) is 6.14. The van der Waals surface area contributed by atoms with Gasteiger partial charge >= 0.3 is 0 Å². The van der Waals surface area contributed by atoms with Gasteiger partial charge < -0.3 is 15.4 Å². The number of carbonyl (C=O) groups excluding carboxylic acids is 1. The van der Waals surface area contributed by atoms with Crippen molar-refractivity contribution >= 4 is 15.7 Å². The highest BCUT2D eigenvalue weighted by atomic mass is 32.2. The van der Waals surface area contributed by atoms with E-state index in [0.29, 0.717) is 30.7 Å². The van der Waals surface area contributed by atoms with Crippen LogP contribution in [0, 0.1) is 11.8 Å². The molecule has 8 heteroatoms. The van der Waals surface area contributed by atoms with E-state index in [2.05, 4.69) is 0 Å². The van der Waals surface area contributed by atoms with Gasteiger partial charge in [-0.05, 0) is 24.3 Å². The molecule has 1 amide bonds. The summed E-state index contributed by atoms with van der Waals surface area (Å²) in [6, 6.07) is 6.02. The standard InChI is InChI=1S/C18H25FN2O4S/c1-13(2)18(22)21-9-15(10-21)12-26(23,24)17-5-3-16(4-6-17)25-11-14(7-19)8-20/h3-7,13,15H,8-12,20H2,1-2H3/b14-7+. The Morgan fingerprint density at radius 1 is 1.35 bits per heavy atom. The predicted molar refractivity (Wildman–Crippen MR) is 97.1 cm³/mol. The molecule has 2 rings (SSSR count). The maximum absolute atomic E-state index is 12.5. The van der Waals surface area contributed by atoms with Crippen LogP contribution in [0.1, 0.15) is 13.8 Å². The number of rotatable bonds is 8. The summed E-state index contributed by atoms with van der Waals surface area (Å²) >= 11 is 0. The van der Waals surface area contributed by atoms with Crippen LogP contribution < -0.4 is 10.5 Å². The zero-order chi connectivity index (χ0) is 19.3. The van der Waals surface area contributed by atoms with Crippen molar-refractivity contribution in [1.82, 2.24) is 4.90 Å². The maximum atomic E-state index is 12.5. The van der Waals surface area contributed by atoms with Crippen LogP contribution in [0.25, 0.3) is 0 Å². The smallest absolute Gasteiger partial charge is 0.225 e. The topological polar surface area (TPSA) is 89.7 Å². The van der Waals surface area contributed by atoms with E-state index in [-0.39, 0.29) is 41.5 Å². The maximum Gasteiger partial charge on any atom is 0.225 e. The SMILES string of the molecule is CC(C)C(=O)N1CC(CS(=O)(=O)c2ccc(OC/C(=C/F)CN)cc2)C1. The lowest BCUT2D eigenvalue weighted by Crippen LogP contribution is -2.53. The monoisotopic (exact) mass is 384 g/mol. The molecule has 1 saturated heterocycles. The average molecular weight is 384 g/mol. The van der Waals surface area contributed by atoms with E-state index >= 15 is 0 Å². The van der Waals surface area contributed by atoms with Crippen molar-refractivity contribution in [2.24, 2.45) is 17.6 Å². The van der Waals surface area contributed by atoms with Crippen LogP contribution in [0.2, 0.25) is 0 Å². The number of ether oxygens (including phenoxy) is 1. The van der Waals surface area contributed by atoms with E-state index in [1.165, 1.54) is 24.3 Å². The Labute approximate surface area is 153 Å². The van der Waals surface area contributed by atoms with E-state index in [1.54, 1.807) is 4.90 Å². The van der Waals surface area contributed by atoms with Gasteiger partial charge in [-0.15, -0.1) is 0 Å². The second-order valence-corrected chi connectivity index (χ2v) is 8.81. The Morgan fingerprint density at radius 3 is 2.46 bits per heavy atom. The van der Waals surface area contributed by atoms with Crippen molar-refractivity contribution < 1.29 is 22.3 Å². The number of hydrogen-bond acceptors (Lipinski definition) is 5. The number of likely N-dealkylation sites (tertiary alicyclic amines) is 1. The molecule has 6 nitrogen and oxygen atoms in total. The minimum Gasteiger partial charge on any atom is -0.489 e. The zero-order valence-corrected chi connectivity index (χ0v) is 15.8. The van der Waals surface area contributed by atoms with Gasteiger partial charge in [0.2, 0.25) is 5.91 Å². The third kappa shape index (κ3) is 5.04.